The Hall–Kier alpha value is -3.70. The Morgan fingerprint density at radius 1 is 0.897 bits per heavy atom. The van der Waals surface area contributed by atoms with Crippen molar-refractivity contribution in [1.29, 1.82) is 0 Å². The zero-order chi connectivity index (χ0) is 27.8. The molecule has 0 aliphatic rings. The van der Waals surface area contributed by atoms with Gasteiger partial charge in [0.1, 0.15) is 0 Å². The van der Waals surface area contributed by atoms with E-state index >= 15 is 0 Å². The molecule has 4 aromatic rings. The summed E-state index contributed by atoms with van der Waals surface area (Å²) in [5.41, 5.74) is 7.92. The summed E-state index contributed by atoms with van der Waals surface area (Å²) >= 11 is 6.08. The standard InChI is InChI=1S/C33H39ClN4O/c1-5-36(31-10-6-9-25(2)21-31)19-8-20-38(33(39)35-30-17-12-26(3)27(4)22-30)24-32-11-7-18-37(32)23-28-13-15-29(34)16-14-28/h6-7,9-18,21-22H,5,8,19-20,23-24H2,1-4H3,(H,35,39). The zero-order valence-corrected chi connectivity index (χ0v) is 24.2. The number of amides is 2. The molecule has 1 heterocycles. The van der Waals surface area contributed by atoms with Gasteiger partial charge < -0.3 is 19.7 Å². The molecule has 5 nitrogen and oxygen atoms in total. The number of benzene rings is 3. The van der Waals surface area contributed by atoms with Crippen LogP contribution in [0.3, 0.4) is 0 Å². The fourth-order valence-electron chi connectivity index (χ4n) is 4.75. The second kappa shape index (κ2) is 13.4. The van der Waals surface area contributed by atoms with E-state index in [1.165, 1.54) is 22.4 Å². The Morgan fingerprint density at radius 3 is 2.41 bits per heavy atom. The van der Waals surface area contributed by atoms with Gasteiger partial charge in [-0.15, -0.1) is 0 Å². The van der Waals surface area contributed by atoms with Gasteiger partial charge in [-0.25, -0.2) is 4.79 Å². The van der Waals surface area contributed by atoms with Gasteiger partial charge in [-0.05, 0) is 105 Å². The highest BCUT2D eigenvalue weighted by Crippen LogP contribution is 2.19. The molecule has 0 spiro atoms. The van der Waals surface area contributed by atoms with Crippen molar-refractivity contribution in [3.8, 4) is 0 Å². The molecular weight excluding hydrogens is 504 g/mol. The number of hydrogen-bond acceptors (Lipinski definition) is 2. The van der Waals surface area contributed by atoms with Crippen molar-refractivity contribution in [1.82, 2.24) is 9.47 Å². The molecule has 0 unspecified atom stereocenters. The second-order valence-corrected chi connectivity index (χ2v) is 10.6. The first-order valence-corrected chi connectivity index (χ1v) is 14.0. The van der Waals surface area contributed by atoms with Gasteiger partial charge in [0, 0.05) is 54.5 Å². The molecule has 3 aromatic carbocycles. The monoisotopic (exact) mass is 542 g/mol. The molecule has 0 saturated heterocycles. The number of anilines is 2. The van der Waals surface area contributed by atoms with Gasteiger partial charge in [-0.3, -0.25) is 0 Å². The Morgan fingerprint density at radius 2 is 1.69 bits per heavy atom. The van der Waals surface area contributed by atoms with Crippen molar-refractivity contribution in [3.63, 3.8) is 0 Å². The Balaban J connectivity index is 1.49. The summed E-state index contributed by atoms with van der Waals surface area (Å²) in [6.07, 6.45) is 2.93. The van der Waals surface area contributed by atoms with Gasteiger partial charge in [-0.1, -0.05) is 41.9 Å². The second-order valence-electron chi connectivity index (χ2n) is 10.2. The molecular formula is C33H39ClN4O. The average molecular weight is 543 g/mol. The van der Waals surface area contributed by atoms with Crippen LogP contribution in [0.4, 0.5) is 16.2 Å². The fourth-order valence-corrected chi connectivity index (χ4v) is 4.88. The third kappa shape index (κ3) is 7.90. The van der Waals surface area contributed by atoms with Crippen LogP contribution in [-0.2, 0) is 13.1 Å². The summed E-state index contributed by atoms with van der Waals surface area (Å²) < 4.78 is 2.20. The van der Waals surface area contributed by atoms with Crippen molar-refractivity contribution in [2.75, 3.05) is 29.9 Å². The number of halogens is 1. The quantitative estimate of drug-likeness (QED) is 0.208. The van der Waals surface area contributed by atoms with Crippen molar-refractivity contribution < 1.29 is 4.79 Å². The van der Waals surface area contributed by atoms with Gasteiger partial charge in [0.05, 0.1) is 6.54 Å². The number of carbonyl (C=O) groups excluding carboxylic acids is 1. The number of rotatable bonds is 11. The van der Waals surface area contributed by atoms with E-state index in [0.29, 0.717) is 13.1 Å². The first kappa shape index (κ1) is 28.3. The van der Waals surface area contributed by atoms with Gasteiger partial charge in [0.25, 0.3) is 0 Å². The summed E-state index contributed by atoms with van der Waals surface area (Å²) in [6.45, 7) is 12.1. The van der Waals surface area contributed by atoms with Crippen LogP contribution < -0.4 is 10.2 Å². The predicted molar refractivity (Wildman–Crippen MR) is 164 cm³/mol. The molecule has 4 rings (SSSR count). The van der Waals surface area contributed by atoms with Crippen molar-refractivity contribution in [3.05, 3.63) is 118 Å². The normalized spacial score (nSPS) is 10.9. The molecule has 204 valence electrons. The van der Waals surface area contributed by atoms with E-state index < -0.39 is 0 Å². The summed E-state index contributed by atoms with van der Waals surface area (Å²) in [7, 11) is 0. The number of aryl methyl sites for hydroxylation is 3. The summed E-state index contributed by atoms with van der Waals surface area (Å²) in [6, 6.07) is 26.6. The van der Waals surface area contributed by atoms with Crippen LogP contribution in [0.1, 0.15) is 41.3 Å². The average Bonchev–Trinajstić information content (AvgIpc) is 3.35. The van der Waals surface area contributed by atoms with Crippen molar-refractivity contribution in [2.45, 2.75) is 47.2 Å². The van der Waals surface area contributed by atoms with E-state index in [0.717, 1.165) is 48.0 Å². The number of nitrogens with one attached hydrogen (secondary N) is 1. The highest BCUT2D eigenvalue weighted by molar-refractivity contribution is 6.30. The molecule has 0 radical (unpaired) electrons. The molecule has 2 amide bonds. The number of hydrogen-bond donors (Lipinski definition) is 1. The van der Waals surface area contributed by atoms with Crippen LogP contribution >= 0.6 is 11.6 Å². The lowest BCUT2D eigenvalue weighted by molar-refractivity contribution is 0.207. The van der Waals surface area contributed by atoms with Crippen LogP contribution in [0.5, 0.6) is 0 Å². The minimum atomic E-state index is -0.0869. The van der Waals surface area contributed by atoms with E-state index in [4.69, 9.17) is 11.6 Å². The largest absolute Gasteiger partial charge is 0.372 e. The third-order valence-electron chi connectivity index (χ3n) is 7.19. The van der Waals surface area contributed by atoms with Crippen LogP contribution in [-0.4, -0.2) is 35.1 Å². The predicted octanol–water partition coefficient (Wildman–Crippen LogP) is 8.07. The molecule has 39 heavy (non-hydrogen) atoms. The Bertz CT molecular complexity index is 1380. The molecule has 0 atom stereocenters. The van der Waals surface area contributed by atoms with E-state index in [9.17, 15) is 4.79 Å². The van der Waals surface area contributed by atoms with Gasteiger partial charge >= 0.3 is 6.03 Å². The topological polar surface area (TPSA) is 40.5 Å². The lowest BCUT2D eigenvalue weighted by Crippen LogP contribution is -2.37. The van der Waals surface area contributed by atoms with E-state index in [1.807, 2.05) is 53.4 Å². The summed E-state index contributed by atoms with van der Waals surface area (Å²) in [4.78, 5) is 17.9. The van der Waals surface area contributed by atoms with Crippen molar-refractivity contribution in [2.24, 2.45) is 0 Å². The van der Waals surface area contributed by atoms with Crippen molar-refractivity contribution >= 4 is 29.0 Å². The molecule has 0 fully saturated rings. The minimum Gasteiger partial charge on any atom is -0.372 e. The Kier molecular flexibility index (Phi) is 9.72. The molecule has 6 heteroatoms. The molecule has 1 N–H and O–H groups in total. The molecule has 0 aliphatic heterocycles. The van der Waals surface area contributed by atoms with Crippen LogP contribution in [0.25, 0.3) is 0 Å². The number of urea groups is 1. The lowest BCUT2D eigenvalue weighted by Gasteiger charge is -2.27. The number of nitrogens with zero attached hydrogens (tertiary/aromatic N) is 3. The van der Waals surface area contributed by atoms with E-state index in [2.05, 4.69) is 79.0 Å². The van der Waals surface area contributed by atoms with Crippen LogP contribution in [0, 0.1) is 20.8 Å². The number of aromatic nitrogens is 1. The van der Waals surface area contributed by atoms with Gasteiger partial charge in [0.2, 0.25) is 0 Å². The smallest absolute Gasteiger partial charge is 0.322 e. The van der Waals surface area contributed by atoms with Gasteiger partial charge in [-0.2, -0.15) is 0 Å². The summed E-state index contributed by atoms with van der Waals surface area (Å²) in [5, 5.41) is 3.87. The van der Waals surface area contributed by atoms with Gasteiger partial charge in [0.15, 0.2) is 0 Å². The first-order valence-electron chi connectivity index (χ1n) is 13.7. The number of carbonyl (C=O) groups is 1. The SMILES string of the molecule is CCN(CCCN(Cc1cccn1Cc1ccc(Cl)cc1)C(=O)Nc1ccc(C)c(C)c1)c1cccc(C)c1. The molecule has 1 aromatic heterocycles. The maximum Gasteiger partial charge on any atom is 0.322 e. The Labute approximate surface area is 238 Å². The molecule has 0 aliphatic carbocycles. The maximum absolute atomic E-state index is 13.6. The maximum atomic E-state index is 13.6. The molecule has 0 saturated carbocycles. The minimum absolute atomic E-state index is 0.0869. The summed E-state index contributed by atoms with van der Waals surface area (Å²) in [5.74, 6) is 0. The van der Waals surface area contributed by atoms with Crippen LogP contribution in [0.2, 0.25) is 5.02 Å². The highest BCUT2D eigenvalue weighted by Gasteiger charge is 2.17. The van der Waals surface area contributed by atoms with E-state index in [1.54, 1.807) is 0 Å². The first-order chi connectivity index (χ1) is 18.8. The van der Waals surface area contributed by atoms with E-state index in [-0.39, 0.29) is 6.03 Å². The third-order valence-corrected chi connectivity index (χ3v) is 7.44. The molecule has 0 bridgehead atoms. The van der Waals surface area contributed by atoms with Crippen LogP contribution in [0.15, 0.2) is 85.1 Å². The highest BCUT2D eigenvalue weighted by atomic mass is 35.5. The zero-order valence-electron chi connectivity index (χ0n) is 23.5. The fraction of sp³-hybridized carbons (Fsp3) is 0.303. The lowest BCUT2D eigenvalue weighted by atomic mass is 10.1.